The van der Waals surface area contributed by atoms with Gasteiger partial charge in [-0.15, -0.1) is 0 Å². The number of aromatic amines is 1. The second-order valence-electron chi connectivity index (χ2n) is 5.95. The van der Waals surface area contributed by atoms with Gasteiger partial charge in [0.05, 0.1) is 19.8 Å². The van der Waals surface area contributed by atoms with Crippen LogP contribution in [0.4, 0.5) is 0 Å². The van der Waals surface area contributed by atoms with Crippen LogP contribution in [0, 0.1) is 12.8 Å². The number of aliphatic hydroxyl groups is 1. The van der Waals surface area contributed by atoms with Gasteiger partial charge in [0.2, 0.25) is 0 Å². The van der Waals surface area contributed by atoms with Gasteiger partial charge in [-0.3, -0.25) is 14.3 Å². The Kier molecular flexibility index (Phi) is 4.94. The lowest BCUT2D eigenvalue weighted by atomic mass is 10.1. The molecule has 3 atom stereocenters. The Morgan fingerprint density at radius 1 is 1.33 bits per heavy atom. The molecule has 0 bridgehead atoms. The molecule has 1 aromatic carbocycles. The van der Waals surface area contributed by atoms with Crippen molar-refractivity contribution in [3.05, 3.63) is 68.5 Å². The molecule has 128 valence electrons. The van der Waals surface area contributed by atoms with E-state index in [2.05, 4.69) is 4.98 Å². The number of benzene rings is 1. The molecule has 7 heteroatoms. The maximum Gasteiger partial charge on any atom is 0.330 e. The van der Waals surface area contributed by atoms with Gasteiger partial charge in [-0.1, -0.05) is 30.3 Å². The molecule has 0 spiro atoms. The van der Waals surface area contributed by atoms with E-state index in [0.717, 1.165) is 5.56 Å². The molecule has 7 nitrogen and oxygen atoms in total. The van der Waals surface area contributed by atoms with Crippen LogP contribution in [0.3, 0.4) is 0 Å². The summed E-state index contributed by atoms with van der Waals surface area (Å²) in [5.41, 5.74) is 0.399. The molecule has 1 saturated heterocycles. The van der Waals surface area contributed by atoms with Crippen LogP contribution in [0.25, 0.3) is 0 Å². The molecule has 1 aromatic heterocycles. The van der Waals surface area contributed by atoms with Gasteiger partial charge in [0.15, 0.2) is 6.23 Å². The van der Waals surface area contributed by atoms with Crippen LogP contribution in [0.5, 0.6) is 0 Å². The number of rotatable bonds is 5. The van der Waals surface area contributed by atoms with Gasteiger partial charge < -0.3 is 14.6 Å². The molecule has 24 heavy (non-hydrogen) atoms. The summed E-state index contributed by atoms with van der Waals surface area (Å²) in [5.74, 6) is -0.238. The third kappa shape index (κ3) is 3.48. The maximum atomic E-state index is 11.9. The van der Waals surface area contributed by atoms with Crippen molar-refractivity contribution >= 4 is 0 Å². The second-order valence-corrected chi connectivity index (χ2v) is 5.95. The van der Waals surface area contributed by atoms with Gasteiger partial charge in [0.25, 0.3) is 5.56 Å². The molecular formula is C17H20N2O5. The largest absolute Gasteiger partial charge is 0.388 e. The van der Waals surface area contributed by atoms with Crippen LogP contribution in [0.15, 0.2) is 46.1 Å². The summed E-state index contributed by atoms with van der Waals surface area (Å²) in [6.07, 6.45) is -0.301. The number of hydrogen-bond acceptors (Lipinski definition) is 5. The molecule has 0 saturated carbocycles. The zero-order valence-electron chi connectivity index (χ0n) is 13.3. The minimum absolute atomic E-state index is 0.238. The van der Waals surface area contributed by atoms with E-state index in [-0.39, 0.29) is 12.5 Å². The molecule has 2 aromatic rings. The van der Waals surface area contributed by atoms with Crippen LogP contribution in [0.1, 0.15) is 17.4 Å². The van der Waals surface area contributed by atoms with Crippen molar-refractivity contribution in [2.24, 2.45) is 5.92 Å². The fourth-order valence-corrected chi connectivity index (χ4v) is 2.72. The lowest BCUT2D eigenvalue weighted by molar-refractivity contribution is -0.0194. The summed E-state index contributed by atoms with van der Waals surface area (Å²) in [6, 6.07) is 9.74. The van der Waals surface area contributed by atoms with Gasteiger partial charge in [-0.05, 0) is 12.5 Å². The molecule has 2 heterocycles. The summed E-state index contributed by atoms with van der Waals surface area (Å²) < 4.78 is 12.4. The van der Waals surface area contributed by atoms with Crippen LogP contribution < -0.4 is 11.2 Å². The molecule has 0 amide bonds. The zero-order chi connectivity index (χ0) is 17.1. The minimum Gasteiger partial charge on any atom is -0.388 e. The number of aryl methyl sites for hydroxylation is 1. The van der Waals surface area contributed by atoms with Crippen LogP contribution in [-0.2, 0) is 16.1 Å². The van der Waals surface area contributed by atoms with Gasteiger partial charge in [-0.25, -0.2) is 4.79 Å². The van der Waals surface area contributed by atoms with Crippen LogP contribution in [-0.4, -0.2) is 34.0 Å². The number of aromatic nitrogens is 2. The van der Waals surface area contributed by atoms with Crippen molar-refractivity contribution < 1.29 is 14.6 Å². The maximum absolute atomic E-state index is 11.9. The predicted octanol–water partition coefficient (Wildman–Crippen LogP) is 0.568. The minimum atomic E-state index is -0.885. The fraction of sp³-hybridized carbons (Fsp3) is 0.412. The Bertz CT molecular complexity index is 799. The van der Waals surface area contributed by atoms with E-state index in [1.807, 2.05) is 30.3 Å². The van der Waals surface area contributed by atoms with Crippen LogP contribution >= 0.6 is 0 Å². The SMILES string of the molecule is Cc1cn([C@@H]2OC[C@H](COCc3ccccc3)[C@H]2O)c(=O)[nH]c1=O. The van der Waals surface area contributed by atoms with E-state index < -0.39 is 23.6 Å². The number of H-pyrrole nitrogens is 1. The summed E-state index contributed by atoms with van der Waals surface area (Å²) in [4.78, 5) is 25.6. The number of ether oxygens (including phenoxy) is 2. The number of aliphatic hydroxyl groups excluding tert-OH is 1. The first-order valence-electron chi connectivity index (χ1n) is 7.79. The summed E-state index contributed by atoms with van der Waals surface area (Å²) in [5, 5.41) is 10.4. The Balaban J connectivity index is 1.63. The Morgan fingerprint density at radius 2 is 2.08 bits per heavy atom. The van der Waals surface area contributed by atoms with E-state index in [9.17, 15) is 14.7 Å². The van der Waals surface area contributed by atoms with Crippen LogP contribution in [0.2, 0.25) is 0 Å². The fourth-order valence-electron chi connectivity index (χ4n) is 2.72. The smallest absolute Gasteiger partial charge is 0.330 e. The molecule has 1 aliphatic rings. The van der Waals surface area contributed by atoms with Crippen molar-refractivity contribution in [3.8, 4) is 0 Å². The van der Waals surface area contributed by atoms with Crippen molar-refractivity contribution in [3.63, 3.8) is 0 Å². The van der Waals surface area contributed by atoms with Gasteiger partial charge in [-0.2, -0.15) is 0 Å². The van der Waals surface area contributed by atoms with E-state index in [1.165, 1.54) is 10.8 Å². The first-order valence-corrected chi connectivity index (χ1v) is 7.79. The molecule has 1 fully saturated rings. The molecule has 2 N–H and O–H groups in total. The summed E-state index contributed by atoms with van der Waals surface area (Å²) in [6.45, 7) is 2.65. The molecular weight excluding hydrogens is 312 g/mol. The average Bonchev–Trinajstić information content (AvgIpc) is 2.93. The molecule has 3 rings (SSSR count). The Hall–Kier alpha value is -2.22. The van der Waals surface area contributed by atoms with Crippen molar-refractivity contribution in [1.82, 2.24) is 9.55 Å². The average molecular weight is 332 g/mol. The van der Waals surface area contributed by atoms with E-state index >= 15 is 0 Å². The number of hydrogen-bond donors (Lipinski definition) is 2. The molecule has 0 radical (unpaired) electrons. The highest BCUT2D eigenvalue weighted by molar-refractivity contribution is 5.13. The Morgan fingerprint density at radius 3 is 2.83 bits per heavy atom. The van der Waals surface area contributed by atoms with Gasteiger partial charge in [0, 0.05) is 17.7 Å². The van der Waals surface area contributed by atoms with E-state index in [4.69, 9.17) is 9.47 Å². The van der Waals surface area contributed by atoms with E-state index in [1.54, 1.807) is 6.92 Å². The summed E-state index contributed by atoms with van der Waals surface area (Å²) >= 11 is 0. The molecule has 0 unspecified atom stereocenters. The second kappa shape index (κ2) is 7.12. The third-order valence-corrected chi connectivity index (χ3v) is 4.12. The zero-order valence-corrected chi connectivity index (χ0v) is 13.3. The highest BCUT2D eigenvalue weighted by atomic mass is 16.5. The first kappa shape index (κ1) is 16.6. The predicted molar refractivity (Wildman–Crippen MR) is 86.6 cm³/mol. The monoisotopic (exact) mass is 332 g/mol. The van der Waals surface area contributed by atoms with Gasteiger partial charge >= 0.3 is 5.69 Å². The standard InChI is InChI=1S/C17H20N2O5/c1-11-7-19(17(22)18-15(11)21)16-14(20)13(10-24-16)9-23-8-12-5-3-2-4-6-12/h2-7,13-14,16,20H,8-10H2,1H3,(H,18,21,22)/t13-,14+,16+/m0/s1. The highest BCUT2D eigenvalue weighted by Gasteiger charge is 2.37. The molecule has 0 aliphatic carbocycles. The quantitative estimate of drug-likeness (QED) is 0.835. The number of nitrogens with zero attached hydrogens (tertiary/aromatic N) is 1. The number of nitrogens with one attached hydrogen (secondary N) is 1. The Labute approximate surface area is 138 Å². The lowest BCUT2D eigenvalue weighted by Crippen LogP contribution is -2.37. The summed E-state index contributed by atoms with van der Waals surface area (Å²) in [7, 11) is 0. The highest BCUT2D eigenvalue weighted by Crippen LogP contribution is 2.28. The normalized spacial score (nSPS) is 23.5. The van der Waals surface area contributed by atoms with Crippen molar-refractivity contribution in [2.45, 2.75) is 25.9 Å². The molecule has 1 aliphatic heterocycles. The van der Waals surface area contributed by atoms with Gasteiger partial charge in [0.1, 0.15) is 6.10 Å². The van der Waals surface area contributed by atoms with Crippen molar-refractivity contribution in [2.75, 3.05) is 13.2 Å². The van der Waals surface area contributed by atoms with Crippen molar-refractivity contribution in [1.29, 1.82) is 0 Å². The topological polar surface area (TPSA) is 93.6 Å². The third-order valence-electron chi connectivity index (χ3n) is 4.12. The lowest BCUT2D eigenvalue weighted by Gasteiger charge is -2.19. The first-order chi connectivity index (χ1) is 11.6. The van der Waals surface area contributed by atoms with E-state index in [0.29, 0.717) is 18.8 Å².